The number of halogens is 1. The molecule has 110 valence electrons. The predicted octanol–water partition coefficient (Wildman–Crippen LogP) is 4.26. The molecule has 0 saturated carbocycles. The maximum Gasteiger partial charge on any atom is 0.310 e. The minimum Gasteiger partial charge on any atom is -0.496 e. The Morgan fingerprint density at radius 1 is 1.19 bits per heavy atom. The Morgan fingerprint density at radius 3 is 2.52 bits per heavy atom. The number of carboxylic acids is 1. The van der Waals surface area contributed by atoms with E-state index in [-0.39, 0.29) is 0 Å². The SMILES string of the molecule is COc1cccc(CC[C@@H](C(=O)O)c2ccccc2)c1Br. The Balaban J connectivity index is 2.15. The highest BCUT2D eigenvalue weighted by Crippen LogP contribution is 2.31. The molecule has 0 aliphatic heterocycles. The first-order chi connectivity index (χ1) is 10.1. The van der Waals surface area contributed by atoms with Crippen LogP contribution in [0.25, 0.3) is 0 Å². The van der Waals surface area contributed by atoms with Gasteiger partial charge >= 0.3 is 5.97 Å². The third-order valence-corrected chi connectivity index (χ3v) is 4.37. The van der Waals surface area contributed by atoms with Gasteiger partial charge in [-0.15, -0.1) is 0 Å². The number of rotatable bonds is 6. The molecule has 1 atom stereocenters. The molecule has 2 aromatic carbocycles. The maximum absolute atomic E-state index is 11.5. The van der Waals surface area contributed by atoms with E-state index >= 15 is 0 Å². The predicted molar refractivity (Wildman–Crippen MR) is 85.8 cm³/mol. The van der Waals surface area contributed by atoms with E-state index in [9.17, 15) is 9.90 Å². The van der Waals surface area contributed by atoms with E-state index in [4.69, 9.17) is 4.74 Å². The molecule has 0 heterocycles. The molecule has 0 fully saturated rings. The lowest BCUT2D eigenvalue weighted by Crippen LogP contribution is -2.12. The summed E-state index contributed by atoms with van der Waals surface area (Å²) in [6, 6.07) is 15.1. The van der Waals surface area contributed by atoms with Crippen LogP contribution in [0.2, 0.25) is 0 Å². The second kappa shape index (κ2) is 7.27. The Morgan fingerprint density at radius 2 is 1.90 bits per heavy atom. The fourth-order valence-corrected chi connectivity index (χ4v) is 2.95. The van der Waals surface area contributed by atoms with Gasteiger partial charge in [0.2, 0.25) is 0 Å². The van der Waals surface area contributed by atoms with E-state index in [2.05, 4.69) is 15.9 Å². The summed E-state index contributed by atoms with van der Waals surface area (Å²) < 4.78 is 6.15. The summed E-state index contributed by atoms with van der Waals surface area (Å²) in [6.07, 6.45) is 1.22. The van der Waals surface area contributed by atoms with Crippen molar-refractivity contribution in [2.75, 3.05) is 7.11 Å². The van der Waals surface area contributed by atoms with Crippen molar-refractivity contribution in [3.63, 3.8) is 0 Å². The van der Waals surface area contributed by atoms with Gasteiger partial charge in [-0.3, -0.25) is 4.79 Å². The van der Waals surface area contributed by atoms with Gasteiger partial charge in [-0.1, -0.05) is 42.5 Å². The molecule has 1 N–H and O–H groups in total. The van der Waals surface area contributed by atoms with Crippen LogP contribution < -0.4 is 4.74 Å². The number of ether oxygens (including phenoxy) is 1. The first kappa shape index (κ1) is 15.6. The lowest BCUT2D eigenvalue weighted by Gasteiger charge is -2.14. The van der Waals surface area contributed by atoms with Crippen molar-refractivity contribution in [1.82, 2.24) is 0 Å². The second-order valence-electron chi connectivity index (χ2n) is 4.77. The standard InChI is InChI=1S/C17H17BrO3/c1-21-15-9-5-8-13(16(15)18)10-11-14(17(19)20)12-6-3-2-4-7-12/h2-9,14H,10-11H2,1H3,(H,19,20)/t14-/m1/s1. The molecule has 21 heavy (non-hydrogen) atoms. The minimum absolute atomic E-state index is 0.496. The Bertz CT molecular complexity index is 611. The van der Waals surface area contributed by atoms with Gasteiger partial charge in [0, 0.05) is 0 Å². The van der Waals surface area contributed by atoms with Gasteiger partial charge < -0.3 is 9.84 Å². The molecular formula is C17H17BrO3. The van der Waals surface area contributed by atoms with Crippen molar-refractivity contribution in [3.8, 4) is 5.75 Å². The molecule has 3 nitrogen and oxygen atoms in total. The molecule has 4 heteroatoms. The van der Waals surface area contributed by atoms with E-state index in [0.29, 0.717) is 12.8 Å². The van der Waals surface area contributed by atoms with Gasteiger partial charge in [-0.25, -0.2) is 0 Å². The summed E-state index contributed by atoms with van der Waals surface area (Å²) >= 11 is 3.51. The molecule has 0 spiro atoms. The smallest absolute Gasteiger partial charge is 0.310 e. The quantitative estimate of drug-likeness (QED) is 0.848. The topological polar surface area (TPSA) is 46.5 Å². The Kier molecular flexibility index (Phi) is 5.39. The van der Waals surface area contributed by atoms with E-state index in [1.165, 1.54) is 0 Å². The van der Waals surface area contributed by atoms with Crippen molar-refractivity contribution < 1.29 is 14.6 Å². The zero-order chi connectivity index (χ0) is 15.2. The molecule has 2 aromatic rings. The zero-order valence-electron chi connectivity index (χ0n) is 11.8. The van der Waals surface area contributed by atoms with Gasteiger partial charge in [0.25, 0.3) is 0 Å². The van der Waals surface area contributed by atoms with Gasteiger partial charge in [-0.05, 0) is 46.0 Å². The average molecular weight is 349 g/mol. The van der Waals surface area contributed by atoms with Gasteiger partial charge in [0.15, 0.2) is 0 Å². The molecule has 0 radical (unpaired) electrons. The molecule has 0 aliphatic carbocycles. The number of aliphatic carboxylic acids is 1. The van der Waals surface area contributed by atoms with Crippen molar-refractivity contribution in [3.05, 3.63) is 64.1 Å². The number of methoxy groups -OCH3 is 1. The molecule has 0 amide bonds. The van der Waals surface area contributed by atoms with E-state index in [1.54, 1.807) is 7.11 Å². The van der Waals surface area contributed by atoms with Crippen LogP contribution in [0.5, 0.6) is 5.75 Å². The van der Waals surface area contributed by atoms with Crippen molar-refractivity contribution >= 4 is 21.9 Å². The van der Waals surface area contributed by atoms with Crippen molar-refractivity contribution in [1.29, 1.82) is 0 Å². The van der Waals surface area contributed by atoms with Crippen molar-refractivity contribution in [2.45, 2.75) is 18.8 Å². The van der Waals surface area contributed by atoms with Crippen LogP contribution in [-0.4, -0.2) is 18.2 Å². The summed E-state index contributed by atoms with van der Waals surface area (Å²) in [4.78, 5) is 11.5. The molecule has 0 bridgehead atoms. The first-order valence-electron chi connectivity index (χ1n) is 6.72. The van der Waals surface area contributed by atoms with Crippen LogP contribution >= 0.6 is 15.9 Å². The largest absolute Gasteiger partial charge is 0.496 e. The number of carbonyl (C=O) groups is 1. The summed E-state index contributed by atoms with van der Waals surface area (Å²) in [5.74, 6) is -0.524. The first-order valence-corrected chi connectivity index (χ1v) is 7.52. The van der Waals surface area contributed by atoms with Crippen LogP contribution in [0.1, 0.15) is 23.5 Å². The Labute approximate surface area is 132 Å². The van der Waals surface area contributed by atoms with Crippen LogP contribution in [0.4, 0.5) is 0 Å². The van der Waals surface area contributed by atoms with Crippen molar-refractivity contribution in [2.24, 2.45) is 0 Å². The van der Waals surface area contributed by atoms with Crippen LogP contribution in [0, 0.1) is 0 Å². The molecule has 2 rings (SSSR count). The summed E-state index contributed by atoms with van der Waals surface area (Å²) in [5, 5.41) is 9.44. The third kappa shape index (κ3) is 3.85. The highest BCUT2D eigenvalue weighted by Gasteiger charge is 2.20. The van der Waals surface area contributed by atoms with Crippen LogP contribution in [-0.2, 0) is 11.2 Å². The molecule has 0 saturated heterocycles. The number of carboxylic acid groups (broad SMARTS) is 1. The number of aryl methyl sites for hydroxylation is 1. The zero-order valence-corrected chi connectivity index (χ0v) is 13.3. The number of benzene rings is 2. The van der Waals surface area contributed by atoms with Crippen LogP contribution in [0.15, 0.2) is 53.0 Å². The lowest BCUT2D eigenvalue weighted by molar-refractivity contribution is -0.138. The molecule has 0 aliphatic rings. The van der Waals surface area contributed by atoms with Gasteiger partial charge in [-0.2, -0.15) is 0 Å². The molecule has 0 aromatic heterocycles. The van der Waals surface area contributed by atoms with Crippen LogP contribution in [0.3, 0.4) is 0 Å². The molecule has 0 unspecified atom stereocenters. The summed E-state index contributed by atoms with van der Waals surface area (Å²) in [7, 11) is 1.62. The second-order valence-corrected chi connectivity index (χ2v) is 5.57. The third-order valence-electron chi connectivity index (χ3n) is 3.47. The highest BCUT2D eigenvalue weighted by molar-refractivity contribution is 9.10. The van der Waals surface area contributed by atoms with Gasteiger partial charge in [0.1, 0.15) is 5.75 Å². The average Bonchev–Trinajstić information content (AvgIpc) is 2.50. The fourth-order valence-electron chi connectivity index (χ4n) is 2.32. The highest BCUT2D eigenvalue weighted by atomic mass is 79.9. The summed E-state index contributed by atoms with van der Waals surface area (Å²) in [6.45, 7) is 0. The fraction of sp³-hybridized carbons (Fsp3) is 0.235. The minimum atomic E-state index is -0.791. The summed E-state index contributed by atoms with van der Waals surface area (Å²) in [5.41, 5.74) is 1.89. The van der Waals surface area contributed by atoms with E-state index in [1.807, 2.05) is 48.5 Å². The van der Waals surface area contributed by atoms with E-state index in [0.717, 1.165) is 21.3 Å². The number of hydrogen-bond donors (Lipinski definition) is 1. The normalized spacial score (nSPS) is 11.9. The Hall–Kier alpha value is -1.81. The maximum atomic E-state index is 11.5. The monoisotopic (exact) mass is 348 g/mol. The lowest BCUT2D eigenvalue weighted by atomic mass is 9.92. The van der Waals surface area contributed by atoms with Gasteiger partial charge in [0.05, 0.1) is 17.5 Å². The molecular weight excluding hydrogens is 332 g/mol. The number of hydrogen-bond acceptors (Lipinski definition) is 2. The van der Waals surface area contributed by atoms with E-state index < -0.39 is 11.9 Å².